The number of aryl methyl sites for hydroxylation is 2. The van der Waals surface area contributed by atoms with Gasteiger partial charge in [0.25, 0.3) is 0 Å². The first kappa shape index (κ1) is 26.2. The largest absolute Gasteiger partial charge is 0.573 e. The highest BCUT2D eigenvalue weighted by molar-refractivity contribution is 5.84. The molecule has 0 unspecified atom stereocenters. The molecule has 1 aliphatic rings. The summed E-state index contributed by atoms with van der Waals surface area (Å²) in [5.41, 5.74) is 1.13. The second kappa shape index (κ2) is 11.1. The summed E-state index contributed by atoms with van der Waals surface area (Å²) < 4.78 is 100. The number of benzene rings is 3. The molecule has 4 rings (SSSR count). The Morgan fingerprint density at radius 2 is 1.61 bits per heavy atom. The molecule has 0 bridgehead atoms. The van der Waals surface area contributed by atoms with Crippen LogP contribution in [-0.2, 0) is 27.1 Å². The molecule has 1 fully saturated rings. The van der Waals surface area contributed by atoms with Crippen LogP contribution in [0.3, 0.4) is 0 Å². The van der Waals surface area contributed by atoms with Crippen LogP contribution in [-0.4, -0.2) is 33.3 Å². The van der Waals surface area contributed by atoms with Crippen LogP contribution in [0.4, 0.5) is 26.3 Å². The van der Waals surface area contributed by atoms with E-state index in [0.29, 0.717) is 36.2 Å². The zero-order chi connectivity index (χ0) is 25.9. The molecule has 4 nitrogen and oxygen atoms in total. The molecule has 0 aliphatic carbocycles. The van der Waals surface area contributed by atoms with Crippen LogP contribution in [0.25, 0.3) is 10.8 Å². The van der Waals surface area contributed by atoms with Gasteiger partial charge in [-0.25, -0.2) is 13.2 Å². The number of hydrogen-bond donors (Lipinski definition) is 0. The van der Waals surface area contributed by atoms with Gasteiger partial charge in [0.2, 0.25) is 5.75 Å². The Morgan fingerprint density at radius 1 is 0.917 bits per heavy atom. The van der Waals surface area contributed by atoms with E-state index in [1.165, 1.54) is 0 Å². The van der Waals surface area contributed by atoms with Gasteiger partial charge in [-0.05, 0) is 54.0 Å². The predicted molar refractivity (Wildman–Crippen MR) is 119 cm³/mol. The lowest BCUT2D eigenvalue weighted by molar-refractivity contribution is -0.276. The monoisotopic (exact) mass is 514 g/mol. The van der Waals surface area contributed by atoms with E-state index in [0.717, 1.165) is 24.1 Å². The van der Waals surface area contributed by atoms with Crippen LogP contribution in [0.2, 0.25) is 0 Å². The first-order valence-electron chi connectivity index (χ1n) is 11.3. The van der Waals surface area contributed by atoms with Crippen LogP contribution in [0.1, 0.15) is 29.4 Å². The summed E-state index contributed by atoms with van der Waals surface area (Å²) in [5.74, 6) is -4.72. The Bertz CT molecular complexity index is 1180. The number of halogens is 6. The van der Waals surface area contributed by atoms with Gasteiger partial charge in [-0.2, -0.15) is 0 Å². The highest BCUT2D eigenvalue weighted by atomic mass is 19.4. The van der Waals surface area contributed by atoms with Gasteiger partial charge in [0.15, 0.2) is 17.9 Å². The van der Waals surface area contributed by atoms with Crippen molar-refractivity contribution >= 4 is 10.8 Å². The Balaban J connectivity index is 1.44. The molecule has 0 saturated carbocycles. The van der Waals surface area contributed by atoms with Crippen molar-refractivity contribution in [1.82, 2.24) is 0 Å². The average Bonchev–Trinajstić information content (AvgIpc) is 2.84. The molecule has 1 heterocycles. The molecule has 3 aromatic carbocycles. The summed E-state index contributed by atoms with van der Waals surface area (Å²) in [6, 6.07) is 9.92. The van der Waals surface area contributed by atoms with E-state index >= 15 is 4.39 Å². The van der Waals surface area contributed by atoms with E-state index in [4.69, 9.17) is 14.2 Å². The van der Waals surface area contributed by atoms with E-state index in [-0.39, 0.29) is 24.3 Å². The van der Waals surface area contributed by atoms with Gasteiger partial charge >= 0.3 is 6.36 Å². The van der Waals surface area contributed by atoms with Crippen LogP contribution < -0.4 is 4.74 Å². The number of fused-ring (bicyclic) bond motifs is 1. The smallest absolute Gasteiger partial charge is 0.399 e. The quantitative estimate of drug-likeness (QED) is 0.316. The van der Waals surface area contributed by atoms with E-state index in [9.17, 15) is 22.0 Å². The van der Waals surface area contributed by atoms with Crippen LogP contribution in [0.5, 0.6) is 5.75 Å². The molecule has 0 aromatic heterocycles. The third-order valence-electron chi connectivity index (χ3n) is 5.99. The summed E-state index contributed by atoms with van der Waals surface area (Å²) >= 11 is 0. The van der Waals surface area contributed by atoms with Crippen molar-refractivity contribution in [1.29, 1.82) is 0 Å². The van der Waals surface area contributed by atoms with Gasteiger partial charge in [-0.3, -0.25) is 0 Å². The van der Waals surface area contributed by atoms with Gasteiger partial charge in [0.05, 0.1) is 13.2 Å². The lowest BCUT2D eigenvalue weighted by Crippen LogP contribution is -2.27. The topological polar surface area (TPSA) is 36.9 Å². The first-order valence-corrected chi connectivity index (χ1v) is 11.3. The maximum Gasteiger partial charge on any atom is 0.573 e. The normalized spacial score (nSPS) is 18.5. The van der Waals surface area contributed by atoms with Crippen molar-refractivity contribution in [3.8, 4) is 5.75 Å². The van der Waals surface area contributed by atoms with Crippen molar-refractivity contribution in [3.05, 3.63) is 76.6 Å². The van der Waals surface area contributed by atoms with Gasteiger partial charge in [0.1, 0.15) is 5.82 Å². The third kappa shape index (κ3) is 6.29. The predicted octanol–water partition coefficient (Wildman–Crippen LogP) is 6.64. The van der Waals surface area contributed by atoms with Crippen LogP contribution in [0.15, 0.2) is 42.5 Å². The van der Waals surface area contributed by atoms with E-state index in [1.54, 1.807) is 37.4 Å². The van der Waals surface area contributed by atoms with Crippen LogP contribution >= 0.6 is 0 Å². The Hall–Kier alpha value is -2.82. The molecule has 0 spiro atoms. The second-order valence-corrected chi connectivity index (χ2v) is 8.60. The molecule has 1 aliphatic heterocycles. The average molecular weight is 514 g/mol. The SMILES string of the molecule is COCCC1COC(c2ccc3c(F)c(CCc4cc(F)c(OC(F)(F)F)c(F)c4)ccc3c2)OC1. The standard InChI is InChI=1S/C26H24F6O4/c1-33-9-8-16-13-34-25(35-14-16)19-6-7-20-18(12-19)5-4-17(23(20)29)3-2-15-10-21(27)24(22(28)11-15)36-26(30,31)32/h4-7,10-12,16,25H,2-3,8-9,13-14H2,1H3. The maximum atomic E-state index is 15.2. The number of rotatable bonds is 8. The highest BCUT2D eigenvalue weighted by Crippen LogP contribution is 2.32. The molecule has 0 atom stereocenters. The minimum absolute atomic E-state index is 0.00857. The minimum atomic E-state index is -5.22. The Morgan fingerprint density at radius 3 is 2.25 bits per heavy atom. The Labute approximate surface area is 203 Å². The molecule has 0 amide bonds. The van der Waals surface area contributed by atoms with Crippen molar-refractivity contribution in [2.45, 2.75) is 31.9 Å². The van der Waals surface area contributed by atoms with Gasteiger partial charge in [0, 0.05) is 30.6 Å². The fraction of sp³-hybridized carbons (Fsp3) is 0.385. The zero-order valence-electron chi connectivity index (χ0n) is 19.3. The van der Waals surface area contributed by atoms with Crippen LogP contribution in [0, 0.1) is 23.4 Å². The van der Waals surface area contributed by atoms with E-state index in [1.807, 2.05) is 0 Å². The molecule has 1 saturated heterocycles. The summed E-state index contributed by atoms with van der Waals surface area (Å²) in [5, 5.41) is 0.990. The fourth-order valence-corrected chi connectivity index (χ4v) is 4.13. The second-order valence-electron chi connectivity index (χ2n) is 8.60. The van der Waals surface area contributed by atoms with Crippen molar-refractivity contribution in [3.63, 3.8) is 0 Å². The molecule has 36 heavy (non-hydrogen) atoms. The molecule has 3 aromatic rings. The summed E-state index contributed by atoms with van der Waals surface area (Å²) in [6.45, 7) is 1.69. The summed E-state index contributed by atoms with van der Waals surface area (Å²) in [4.78, 5) is 0. The van der Waals surface area contributed by atoms with E-state index in [2.05, 4.69) is 4.74 Å². The number of alkyl halides is 3. The lowest BCUT2D eigenvalue weighted by Gasteiger charge is -2.29. The lowest BCUT2D eigenvalue weighted by atomic mass is 9.98. The van der Waals surface area contributed by atoms with Gasteiger partial charge in [-0.15, -0.1) is 13.2 Å². The molecule has 10 heteroatoms. The highest BCUT2D eigenvalue weighted by Gasteiger charge is 2.34. The minimum Gasteiger partial charge on any atom is -0.399 e. The molecular formula is C26H24F6O4. The van der Waals surface area contributed by atoms with Crippen molar-refractivity contribution in [2.24, 2.45) is 5.92 Å². The van der Waals surface area contributed by atoms with E-state index < -0.39 is 35.9 Å². The number of ether oxygens (including phenoxy) is 4. The number of methoxy groups -OCH3 is 1. The molecular weight excluding hydrogens is 490 g/mol. The number of hydrogen-bond acceptors (Lipinski definition) is 4. The van der Waals surface area contributed by atoms with Gasteiger partial charge in [-0.1, -0.05) is 24.3 Å². The molecule has 0 N–H and O–H groups in total. The molecule has 194 valence electrons. The van der Waals surface area contributed by atoms with Crippen molar-refractivity contribution in [2.75, 3.05) is 26.9 Å². The maximum absolute atomic E-state index is 15.2. The van der Waals surface area contributed by atoms with Gasteiger partial charge < -0.3 is 18.9 Å². The summed E-state index contributed by atoms with van der Waals surface area (Å²) in [6.07, 6.45) is -4.85. The Kier molecular flexibility index (Phi) is 8.07. The fourth-order valence-electron chi connectivity index (χ4n) is 4.13. The first-order chi connectivity index (χ1) is 17.1. The zero-order valence-corrected chi connectivity index (χ0v) is 19.3. The summed E-state index contributed by atoms with van der Waals surface area (Å²) in [7, 11) is 1.64. The van der Waals surface area contributed by atoms with Crippen molar-refractivity contribution < 1.29 is 45.3 Å². The third-order valence-corrected chi connectivity index (χ3v) is 5.99. The molecule has 0 radical (unpaired) electrons.